The minimum Gasteiger partial charge on any atom is -0.461 e. The maximum absolute atomic E-state index is 13.1. The largest absolute Gasteiger partial charge is 0.461 e. The zero-order valence-corrected chi connectivity index (χ0v) is 19.1. The lowest BCUT2D eigenvalue weighted by Gasteiger charge is -2.19. The molecular formula is C27H22N4O4. The highest BCUT2D eigenvalue weighted by atomic mass is 16.5. The molecule has 5 aromatic rings. The standard InChI is InChI=1S/C27H22N4O4/c1-2-34-26(33)25-24-17(14-28-25)22(23-20(29-24)11-6-12-21(23)32)15-7-5-8-16(13-15)35-27-30-18-9-3-4-10-19(18)31-27/h3-5,7-10,13-14,28H,2,6,11-12H2,1H3,(H,30,31). The quantitative estimate of drug-likeness (QED) is 0.327. The number of fused-ring (bicyclic) bond motifs is 3. The van der Waals surface area contributed by atoms with Gasteiger partial charge in [-0.05, 0) is 49.6 Å². The molecule has 3 aromatic heterocycles. The fourth-order valence-electron chi connectivity index (χ4n) is 4.68. The maximum atomic E-state index is 13.1. The van der Waals surface area contributed by atoms with Crippen molar-refractivity contribution >= 4 is 33.7 Å². The second-order valence-electron chi connectivity index (χ2n) is 8.42. The monoisotopic (exact) mass is 466 g/mol. The zero-order valence-electron chi connectivity index (χ0n) is 19.1. The topological polar surface area (TPSA) is 110 Å². The van der Waals surface area contributed by atoms with E-state index in [1.807, 2.05) is 48.5 Å². The van der Waals surface area contributed by atoms with Crippen molar-refractivity contribution in [3.8, 4) is 22.9 Å². The van der Waals surface area contributed by atoms with Gasteiger partial charge < -0.3 is 19.4 Å². The van der Waals surface area contributed by atoms with Crippen LogP contribution in [-0.4, -0.2) is 38.3 Å². The number of esters is 1. The van der Waals surface area contributed by atoms with E-state index in [2.05, 4.69) is 15.0 Å². The molecule has 0 spiro atoms. The molecule has 0 atom stereocenters. The van der Waals surface area contributed by atoms with Crippen LogP contribution in [0.1, 0.15) is 46.3 Å². The van der Waals surface area contributed by atoms with E-state index in [0.29, 0.717) is 52.5 Å². The van der Waals surface area contributed by atoms with Crippen LogP contribution < -0.4 is 4.74 Å². The molecule has 1 aliphatic carbocycles. The van der Waals surface area contributed by atoms with E-state index in [9.17, 15) is 9.59 Å². The number of para-hydroxylation sites is 2. The van der Waals surface area contributed by atoms with Crippen LogP contribution in [0.4, 0.5) is 0 Å². The van der Waals surface area contributed by atoms with Gasteiger partial charge in [0, 0.05) is 29.1 Å². The molecule has 8 heteroatoms. The first-order valence-electron chi connectivity index (χ1n) is 11.6. The summed E-state index contributed by atoms with van der Waals surface area (Å²) < 4.78 is 11.2. The van der Waals surface area contributed by atoms with Crippen LogP contribution in [-0.2, 0) is 11.2 Å². The Morgan fingerprint density at radius 3 is 2.80 bits per heavy atom. The number of rotatable bonds is 5. The van der Waals surface area contributed by atoms with Gasteiger partial charge in [-0.2, -0.15) is 4.98 Å². The molecular weight excluding hydrogens is 444 g/mol. The third-order valence-electron chi connectivity index (χ3n) is 6.19. The number of pyridine rings is 1. The number of aryl methyl sites for hydroxylation is 1. The fraction of sp³-hybridized carbons (Fsp3) is 0.185. The van der Waals surface area contributed by atoms with Crippen LogP contribution >= 0.6 is 0 Å². The Morgan fingerprint density at radius 1 is 1.06 bits per heavy atom. The lowest BCUT2D eigenvalue weighted by Crippen LogP contribution is -2.15. The van der Waals surface area contributed by atoms with Crippen molar-refractivity contribution in [3.63, 3.8) is 0 Å². The molecule has 35 heavy (non-hydrogen) atoms. The number of carbonyl (C=O) groups excluding carboxylic acids is 2. The molecule has 6 rings (SSSR count). The van der Waals surface area contributed by atoms with Gasteiger partial charge in [0.05, 0.1) is 23.3 Å². The molecule has 0 saturated heterocycles. The van der Waals surface area contributed by atoms with Gasteiger partial charge >= 0.3 is 5.97 Å². The summed E-state index contributed by atoms with van der Waals surface area (Å²) in [5.41, 5.74) is 5.36. The van der Waals surface area contributed by atoms with Crippen LogP contribution in [0, 0.1) is 0 Å². The third-order valence-corrected chi connectivity index (χ3v) is 6.19. The number of ketones is 1. The molecule has 1 aliphatic rings. The summed E-state index contributed by atoms with van der Waals surface area (Å²) in [6.07, 6.45) is 3.60. The Bertz CT molecular complexity index is 1580. The van der Waals surface area contributed by atoms with Gasteiger partial charge in [-0.1, -0.05) is 24.3 Å². The molecule has 8 nitrogen and oxygen atoms in total. The average molecular weight is 466 g/mol. The summed E-state index contributed by atoms with van der Waals surface area (Å²) in [4.78, 5) is 41.0. The number of hydrogen-bond acceptors (Lipinski definition) is 6. The maximum Gasteiger partial charge on any atom is 0.357 e. The summed E-state index contributed by atoms with van der Waals surface area (Å²) >= 11 is 0. The Kier molecular flexibility index (Phi) is 5.06. The molecule has 0 saturated carbocycles. The number of benzene rings is 2. The Labute approximate surface area is 200 Å². The first-order valence-corrected chi connectivity index (χ1v) is 11.6. The first kappa shape index (κ1) is 21.1. The summed E-state index contributed by atoms with van der Waals surface area (Å²) in [6.45, 7) is 2.02. The highest BCUT2D eigenvalue weighted by Crippen LogP contribution is 2.39. The van der Waals surface area contributed by atoms with Crippen molar-refractivity contribution in [3.05, 3.63) is 71.7 Å². The summed E-state index contributed by atoms with van der Waals surface area (Å²) in [7, 11) is 0. The third kappa shape index (κ3) is 3.63. The molecule has 0 aliphatic heterocycles. The first-order chi connectivity index (χ1) is 17.1. The normalized spacial score (nSPS) is 13.2. The average Bonchev–Trinajstić information content (AvgIpc) is 3.46. The Balaban J connectivity index is 1.49. The van der Waals surface area contributed by atoms with Gasteiger partial charge in [0.1, 0.15) is 11.3 Å². The van der Waals surface area contributed by atoms with Crippen molar-refractivity contribution in [1.29, 1.82) is 0 Å². The number of aromatic amines is 2. The van der Waals surface area contributed by atoms with E-state index >= 15 is 0 Å². The number of carbonyl (C=O) groups is 2. The minimum atomic E-state index is -0.468. The zero-order chi connectivity index (χ0) is 23.9. The van der Waals surface area contributed by atoms with Crippen molar-refractivity contribution in [2.45, 2.75) is 26.2 Å². The number of hydrogen-bond donors (Lipinski definition) is 2. The lowest BCUT2D eigenvalue weighted by atomic mass is 9.86. The highest BCUT2D eigenvalue weighted by molar-refractivity contribution is 6.14. The molecule has 3 heterocycles. The Hall–Kier alpha value is -4.46. The number of aromatic nitrogens is 4. The van der Waals surface area contributed by atoms with E-state index < -0.39 is 5.97 Å². The molecule has 174 valence electrons. The molecule has 0 radical (unpaired) electrons. The molecule has 2 aromatic carbocycles. The van der Waals surface area contributed by atoms with E-state index in [0.717, 1.165) is 28.6 Å². The van der Waals surface area contributed by atoms with E-state index in [-0.39, 0.29) is 12.4 Å². The van der Waals surface area contributed by atoms with Gasteiger partial charge in [0.2, 0.25) is 0 Å². The molecule has 0 bridgehead atoms. The van der Waals surface area contributed by atoms with Crippen LogP contribution in [0.15, 0.2) is 54.7 Å². The van der Waals surface area contributed by atoms with Gasteiger partial charge in [0.25, 0.3) is 6.01 Å². The van der Waals surface area contributed by atoms with Crippen molar-refractivity contribution < 1.29 is 19.1 Å². The number of Topliss-reactive ketones (excluding diaryl/α,β-unsaturated/α-hetero) is 1. The number of ether oxygens (including phenoxy) is 2. The van der Waals surface area contributed by atoms with E-state index in [1.54, 1.807) is 13.1 Å². The molecule has 0 unspecified atom stereocenters. The summed E-state index contributed by atoms with van der Waals surface area (Å²) in [5.74, 6) is 0.160. The molecule has 0 amide bonds. The number of H-pyrrole nitrogens is 2. The molecule has 2 N–H and O–H groups in total. The Morgan fingerprint density at radius 2 is 1.94 bits per heavy atom. The second kappa shape index (κ2) is 8.39. The van der Waals surface area contributed by atoms with Crippen molar-refractivity contribution in [2.24, 2.45) is 0 Å². The highest BCUT2D eigenvalue weighted by Gasteiger charge is 2.28. The van der Waals surface area contributed by atoms with Gasteiger partial charge in [0.15, 0.2) is 11.5 Å². The fourth-order valence-corrected chi connectivity index (χ4v) is 4.68. The smallest absolute Gasteiger partial charge is 0.357 e. The van der Waals surface area contributed by atoms with Gasteiger partial charge in [-0.25, -0.2) is 9.78 Å². The number of nitrogens with one attached hydrogen (secondary N) is 2. The molecule has 0 fully saturated rings. The lowest BCUT2D eigenvalue weighted by molar-refractivity contribution is 0.0522. The minimum absolute atomic E-state index is 0.0538. The predicted molar refractivity (Wildman–Crippen MR) is 131 cm³/mol. The van der Waals surface area contributed by atoms with Gasteiger partial charge in [-0.3, -0.25) is 4.79 Å². The second-order valence-corrected chi connectivity index (χ2v) is 8.42. The van der Waals surface area contributed by atoms with Crippen LogP contribution in [0.5, 0.6) is 11.8 Å². The number of imidazole rings is 1. The predicted octanol–water partition coefficient (Wildman–Crippen LogP) is 5.59. The summed E-state index contributed by atoms with van der Waals surface area (Å²) in [6, 6.07) is 15.6. The van der Waals surface area contributed by atoms with E-state index in [1.165, 1.54) is 0 Å². The van der Waals surface area contributed by atoms with E-state index in [4.69, 9.17) is 14.5 Å². The number of nitrogens with zero attached hydrogens (tertiary/aromatic N) is 2. The van der Waals surface area contributed by atoms with Crippen LogP contribution in [0.2, 0.25) is 0 Å². The summed E-state index contributed by atoms with van der Waals surface area (Å²) in [5, 5.41) is 0.697. The van der Waals surface area contributed by atoms with Crippen molar-refractivity contribution in [1.82, 2.24) is 19.9 Å². The van der Waals surface area contributed by atoms with Crippen LogP contribution in [0.25, 0.3) is 33.1 Å². The van der Waals surface area contributed by atoms with Gasteiger partial charge in [-0.15, -0.1) is 0 Å². The van der Waals surface area contributed by atoms with Crippen molar-refractivity contribution in [2.75, 3.05) is 6.61 Å². The van der Waals surface area contributed by atoms with Crippen LogP contribution in [0.3, 0.4) is 0 Å². The SMILES string of the molecule is CCOC(=O)c1[nH]cc2c(-c3cccc(Oc4nc5ccccc5[nH]4)c3)c3c(nc12)CCCC3=O.